The monoisotopic (exact) mass is 479 g/mol. The van der Waals surface area contributed by atoms with Gasteiger partial charge in [0.05, 0.1) is 11.4 Å². The Kier molecular flexibility index (Phi) is 7.30. The van der Waals surface area contributed by atoms with E-state index >= 15 is 0 Å². The van der Waals surface area contributed by atoms with Gasteiger partial charge in [-0.1, -0.05) is 55.9 Å². The predicted octanol–water partition coefficient (Wildman–Crippen LogP) is 6.98. The molecule has 2 aromatic carbocycles. The highest BCUT2D eigenvalue weighted by Crippen LogP contribution is 2.34. The first-order valence-electron chi connectivity index (χ1n) is 10.7. The third kappa shape index (κ3) is 5.72. The van der Waals surface area contributed by atoms with Gasteiger partial charge in [-0.05, 0) is 66.1 Å². The summed E-state index contributed by atoms with van der Waals surface area (Å²) >= 11 is 2.42. The van der Waals surface area contributed by atoms with Gasteiger partial charge < -0.3 is 9.15 Å². The average Bonchev–Trinajstić information content (AvgIpc) is 3.33. The SMILES string of the molecule is Cc1ccc(C(C)C)c(OCCN2C(=O)S/C(=C\c3ccc(Sc4ccccc4)o3)C2=O)c1. The molecule has 2 amide bonds. The number of amides is 2. The summed E-state index contributed by atoms with van der Waals surface area (Å²) in [4.78, 5) is 27.9. The topological polar surface area (TPSA) is 59.8 Å². The molecule has 0 radical (unpaired) electrons. The van der Waals surface area contributed by atoms with E-state index in [4.69, 9.17) is 9.15 Å². The first-order valence-corrected chi connectivity index (χ1v) is 12.4. The number of carbonyl (C=O) groups excluding carboxylic acids is 2. The molecule has 0 aliphatic carbocycles. The lowest BCUT2D eigenvalue weighted by atomic mass is 10.0. The van der Waals surface area contributed by atoms with Crippen molar-refractivity contribution in [3.8, 4) is 5.75 Å². The molecule has 1 fully saturated rings. The molecule has 1 saturated heterocycles. The molecule has 2 heterocycles. The van der Waals surface area contributed by atoms with E-state index in [-0.39, 0.29) is 24.3 Å². The summed E-state index contributed by atoms with van der Waals surface area (Å²) in [5.41, 5.74) is 2.21. The van der Waals surface area contributed by atoms with Gasteiger partial charge in [-0.3, -0.25) is 14.5 Å². The molecule has 4 rings (SSSR count). The van der Waals surface area contributed by atoms with E-state index < -0.39 is 0 Å². The Balaban J connectivity index is 1.38. The number of hydrogen-bond acceptors (Lipinski definition) is 6. The zero-order valence-corrected chi connectivity index (χ0v) is 20.4. The number of nitrogens with zero attached hydrogens (tertiary/aromatic N) is 1. The summed E-state index contributed by atoms with van der Waals surface area (Å²) in [5, 5.41) is 0.424. The number of furan rings is 1. The number of hydrogen-bond donors (Lipinski definition) is 0. The largest absolute Gasteiger partial charge is 0.491 e. The maximum atomic E-state index is 12.8. The molecule has 3 aromatic rings. The highest BCUT2D eigenvalue weighted by atomic mass is 32.2. The maximum absolute atomic E-state index is 12.8. The quantitative estimate of drug-likeness (QED) is 0.325. The number of thioether (sulfide) groups is 1. The fraction of sp³-hybridized carbons (Fsp3) is 0.231. The van der Waals surface area contributed by atoms with Gasteiger partial charge in [-0.25, -0.2) is 0 Å². The number of benzene rings is 2. The zero-order chi connectivity index (χ0) is 23.4. The number of imide groups is 1. The third-order valence-corrected chi connectivity index (χ3v) is 6.91. The van der Waals surface area contributed by atoms with Gasteiger partial charge in [-0.2, -0.15) is 0 Å². The van der Waals surface area contributed by atoms with Gasteiger partial charge in [0.15, 0.2) is 5.09 Å². The summed E-state index contributed by atoms with van der Waals surface area (Å²) in [6, 6.07) is 19.7. The van der Waals surface area contributed by atoms with Crippen molar-refractivity contribution in [1.82, 2.24) is 4.90 Å². The average molecular weight is 480 g/mol. The van der Waals surface area contributed by atoms with Crippen molar-refractivity contribution in [2.75, 3.05) is 13.2 Å². The molecular weight excluding hydrogens is 454 g/mol. The molecule has 0 unspecified atom stereocenters. The Morgan fingerprint density at radius 1 is 1.09 bits per heavy atom. The summed E-state index contributed by atoms with van der Waals surface area (Å²) < 4.78 is 11.8. The second-order valence-corrected chi connectivity index (χ2v) is 10.0. The standard InChI is InChI=1S/C26H25NO4S2/c1-17(2)21-11-9-18(3)15-22(21)30-14-13-27-25(28)23(33-26(27)29)16-19-10-12-24(31-19)32-20-7-5-4-6-8-20/h4-12,15-17H,13-14H2,1-3H3/b23-16-. The van der Waals surface area contributed by atoms with Crippen molar-refractivity contribution in [2.24, 2.45) is 0 Å². The number of rotatable bonds is 8. The van der Waals surface area contributed by atoms with Crippen molar-refractivity contribution in [3.63, 3.8) is 0 Å². The Labute approximate surface area is 202 Å². The minimum absolute atomic E-state index is 0.195. The van der Waals surface area contributed by atoms with Gasteiger partial charge in [0, 0.05) is 11.0 Å². The lowest BCUT2D eigenvalue weighted by Crippen LogP contribution is -2.32. The lowest BCUT2D eigenvalue weighted by molar-refractivity contribution is -0.123. The zero-order valence-electron chi connectivity index (χ0n) is 18.7. The summed E-state index contributed by atoms with van der Waals surface area (Å²) in [6.45, 7) is 6.67. The molecule has 170 valence electrons. The van der Waals surface area contributed by atoms with Crippen molar-refractivity contribution in [2.45, 2.75) is 36.7 Å². The van der Waals surface area contributed by atoms with E-state index in [0.29, 0.717) is 16.6 Å². The van der Waals surface area contributed by atoms with Gasteiger partial charge in [0.2, 0.25) is 0 Å². The molecule has 0 atom stereocenters. The van der Waals surface area contributed by atoms with Crippen LogP contribution in [0.3, 0.4) is 0 Å². The molecule has 33 heavy (non-hydrogen) atoms. The Morgan fingerprint density at radius 2 is 1.88 bits per heavy atom. The fourth-order valence-electron chi connectivity index (χ4n) is 3.38. The molecule has 5 nitrogen and oxygen atoms in total. The number of carbonyl (C=O) groups is 2. The minimum Gasteiger partial charge on any atom is -0.491 e. The molecule has 7 heteroatoms. The third-order valence-electron chi connectivity index (χ3n) is 5.07. The molecule has 0 N–H and O–H groups in total. The van der Waals surface area contributed by atoms with Crippen molar-refractivity contribution in [3.05, 3.63) is 82.5 Å². The predicted molar refractivity (Wildman–Crippen MR) is 133 cm³/mol. The summed E-state index contributed by atoms with van der Waals surface area (Å²) in [6.07, 6.45) is 1.62. The van der Waals surface area contributed by atoms with Crippen LogP contribution in [0.2, 0.25) is 0 Å². The fourth-order valence-corrected chi connectivity index (χ4v) is 5.03. The van der Waals surface area contributed by atoms with Crippen LogP contribution in [0.5, 0.6) is 5.75 Å². The van der Waals surface area contributed by atoms with Crippen LogP contribution in [0.1, 0.15) is 36.7 Å². The molecule has 1 aliphatic rings. The van der Waals surface area contributed by atoms with Crippen LogP contribution in [0.4, 0.5) is 4.79 Å². The molecule has 1 aliphatic heterocycles. The van der Waals surface area contributed by atoms with Crippen LogP contribution in [-0.2, 0) is 4.79 Å². The van der Waals surface area contributed by atoms with Crippen molar-refractivity contribution in [1.29, 1.82) is 0 Å². The second kappa shape index (κ2) is 10.4. The maximum Gasteiger partial charge on any atom is 0.293 e. The Hall–Kier alpha value is -2.90. The normalized spacial score (nSPS) is 15.2. The first kappa shape index (κ1) is 23.3. The molecule has 0 bridgehead atoms. The molecule has 0 saturated carbocycles. The highest BCUT2D eigenvalue weighted by Gasteiger charge is 2.35. The van der Waals surface area contributed by atoms with Crippen LogP contribution < -0.4 is 4.74 Å². The van der Waals surface area contributed by atoms with E-state index in [1.165, 1.54) is 16.7 Å². The second-order valence-electron chi connectivity index (χ2n) is 7.95. The van der Waals surface area contributed by atoms with E-state index in [1.807, 2.05) is 49.4 Å². The molecular formula is C26H25NO4S2. The smallest absolute Gasteiger partial charge is 0.293 e. The van der Waals surface area contributed by atoms with E-state index in [1.54, 1.807) is 12.1 Å². The Bertz CT molecular complexity index is 1180. The van der Waals surface area contributed by atoms with Gasteiger partial charge in [0.1, 0.15) is 18.1 Å². The van der Waals surface area contributed by atoms with Crippen LogP contribution in [0, 0.1) is 6.92 Å². The number of ether oxygens (including phenoxy) is 1. The Morgan fingerprint density at radius 3 is 2.64 bits per heavy atom. The van der Waals surface area contributed by atoms with Crippen LogP contribution in [-0.4, -0.2) is 29.2 Å². The summed E-state index contributed by atoms with van der Waals surface area (Å²) in [7, 11) is 0. The highest BCUT2D eigenvalue weighted by molar-refractivity contribution is 8.18. The van der Waals surface area contributed by atoms with Gasteiger partial charge in [0.25, 0.3) is 11.1 Å². The van der Waals surface area contributed by atoms with E-state index in [2.05, 4.69) is 26.0 Å². The van der Waals surface area contributed by atoms with Crippen LogP contribution in [0.25, 0.3) is 6.08 Å². The van der Waals surface area contributed by atoms with Crippen LogP contribution in [0.15, 0.2) is 80.0 Å². The van der Waals surface area contributed by atoms with Gasteiger partial charge in [-0.15, -0.1) is 0 Å². The minimum atomic E-state index is -0.324. The first-order chi connectivity index (χ1) is 15.9. The van der Waals surface area contributed by atoms with Crippen molar-refractivity contribution >= 4 is 40.7 Å². The van der Waals surface area contributed by atoms with E-state index in [9.17, 15) is 9.59 Å². The number of aryl methyl sites for hydroxylation is 1. The van der Waals surface area contributed by atoms with Gasteiger partial charge >= 0.3 is 0 Å². The van der Waals surface area contributed by atoms with Crippen molar-refractivity contribution < 1.29 is 18.7 Å². The lowest BCUT2D eigenvalue weighted by Gasteiger charge is -2.17. The summed E-state index contributed by atoms with van der Waals surface area (Å²) in [5.74, 6) is 1.33. The molecule has 0 spiro atoms. The molecule has 1 aromatic heterocycles. The van der Waals surface area contributed by atoms with E-state index in [0.717, 1.165) is 38.6 Å². The van der Waals surface area contributed by atoms with Crippen LogP contribution >= 0.6 is 23.5 Å².